The van der Waals surface area contributed by atoms with Crippen molar-refractivity contribution in [3.05, 3.63) is 52.5 Å². The van der Waals surface area contributed by atoms with Crippen molar-refractivity contribution in [2.45, 2.75) is 18.9 Å². The van der Waals surface area contributed by atoms with Crippen molar-refractivity contribution in [2.75, 3.05) is 23.7 Å². The number of carbonyl (C=O) groups excluding carboxylic acids is 1. The molecule has 2 aromatic carbocycles. The molecule has 0 saturated carbocycles. The molecule has 1 saturated heterocycles. The molecule has 31 heavy (non-hydrogen) atoms. The molecule has 1 aromatic heterocycles. The lowest BCUT2D eigenvalue weighted by molar-refractivity contribution is 0.0471. The number of piperidine rings is 1. The van der Waals surface area contributed by atoms with Gasteiger partial charge in [0, 0.05) is 26.3 Å². The van der Waals surface area contributed by atoms with E-state index in [4.69, 9.17) is 0 Å². The fourth-order valence-corrected chi connectivity index (χ4v) is 4.37. The molecular weight excluding hydrogens is 486 g/mol. The number of nitrogens with zero attached hydrogens (tertiary/aromatic N) is 3. The number of nitrogens with one attached hydrogen (secondary N) is 2. The van der Waals surface area contributed by atoms with Gasteiger partial charge in [-0.3, -0.25) is 4.79 Å². The molecule has 1 amide bonds. The first-order valence-corrected chi connectivity index (χ1v) is 11.5. The van der Waals surface area contributed by atoms with Crippen LogP contribution in [0, 0.1) is 0 Å². The molecule has 9 nitrogen and oxygen atoms in total. The molecule has 2 atom stereocenters. The van der Waals surface area contributed by atoms with Crippen molar-refractivity contribution in [3.63, 3.8) is 0 Å². The number of para-hydroxylation sites is 2. The lowest BCUT2D eigenvalue weighted by Gasteiger charge is -2.30. The summed E-state index contributed by atoms with van der Waals surface area (Å²) in [4.78, 5) is 14.4. The minimum atomic E-state index is -1.81. The maximum atomic E-state index is 12.9. The average molecular weight is 506 g/mol. The van der Waals surface area contributed by atoms with Gasteiger partial charge in [0.1, 0.15) is 0 Å². The number of amides is 1. The number of anilines is 4. The first kappa shape index (κ1) is 21.5. The zero-order chi connectivity index (χ0) is 22.0. The quantitative estimate of drug-likeness (QED) is 0.304. The van der Waals surface area contributed by atoms with Gasteiger partial charge >= 0.3 is 0 Å². The summed E-state index contributed by atoms with van der Waals surface area (Å²) in [6.45, 7) is 0.750. The Morgan fingerprint density at radius 2 is 1.81 bits per heavy atom. The Balaban J connectivity index is 1.59. The zero-order valence-corrected chi connectivity index (χ0v) is 18.7. The molecule has 1 fully saturated rings. The number of hydrogen-bond acceptors (Lipinski definition) is 8. The minimum absolute atomic E-state index is 0.107. The predicted molar refractivity (Wildman–Crippen MR) is 121 cm³/mol. The van der Waals surface area contributed by atoms with Crippen LogP contribution in [0.4, 0.5) is 23.0 Å². The average Bonchev–Trinajstić information content (AvgIpc) is 3.09. The molecule has 11 heteroatoms. The van der Waals surface area contributed by atoms with E-state index in [1.807, 2.05) is 24.3 Å². The summed E-state index contributed by atoms with van der Waals surface area (Å²) in [5.74, 6) is -0.215. The van der Waals surface area contributed by atoms with Crippen LogP contribution in [0.1, 0.15) is 23.2 Å². The SMILES string of the molecule is O=C(c1cccc(Nc2n[s+]([O-])nc2Nc2ccccc2Br)c1O)N1CCCC(O)C1. The zero-order valence-electron chi connectivity index (χ0n) is 16.3. The van der Waals surface area contributed by atoms with Gasteiger partial charge in [0.2, 0.25) is 11.6 Å². The van der Waals surface area contributed by atoms with Gasteiger partial charge in [0.25, 0.3) is 5.91 Å². The van der Waals surface area contributed by atoms with Crippen LogP contribution in [0.5, 0.6) is 5.75 Å². The number of hydrogen-bond donors (Lipinski definition) is 4. The normalized spacial score (nSPS) is 16.8. The minimum Gasteiger partial charge on any atom is -0.546 e. The Kier molecular flexibility index (Phi) is 6.37. The van der Waals surface area contributed by atoms with E-state index in [2.05, 4.69) is 35.3 Å². The summed E-state index contributed by atoms with van der Waals surface area (Å²) in [6, 6.07) is 12.1. The molecule has 0 spiro atoms. The maximum absolute atomic E-state index is 12.9. The number of aromatic nitrogens is 2. The molecule has 1 aliphatic rings. The smallest absolute Gasteiger partial charge is 0.257 e. The van der Waals surface area contributed by atoms with E-state index in [9.17, 15) is 19.6 Å². The molecule has 2 unspecified atom stereocenters. The number of phenols is 1. The van der Waals surface area contributed by atoms with Crippen LogP contribution in [-0.2, 0) is 0 Å². The molecule has 4 N–H and O–H groups in total. The Bertz CT molecular complexity index is 1110. The number of rotatable bonds is 5. The van der Waals surface area contributed by atoms with Gasteiger partial charge in [-0.05, 0) is 53.0 Å². The molecule has 4 rings (SSSR count). The lowest BCUT2D eigenvalue weighted by atomic mass is 10.1. The number of likely N-dealkylation sites (tertiary alicyclic amines) is 1. The third-order valence-electron chi connectivity index (χ3n) is 4.89. The molecule has 2 heterocycles. The molecule has 0 aliphatic carbocycles. The molecule has 162 valence electrons. The maximum Gasteiger partial charge on any atom is 0.257 e. The highest BCUT2D eigenvalue weighted by Gasteiger charge is 2.26. The summed E-state index contributed by atoms with van der Waals surface area (Å²) < 4.78 is 20.7. The second-order valence-corrected chi connectivity index (χ2v) is 8.77. The van der Waals surface area contributed by atoms with Crippen molar-refractivity contribution in [3.8, 4) is 5.75 Å². The van der Waals surface area contributed by atoms with Crippen LogP contribution >= 0.6 is 27.1 Å². The molecule has 0 bridgehead atoms. The van der Waals surface area contributed by atoms with E-state index in [-0.39, 0.29) is 41.1 Å². The Morgan fingerprint density at radius 3 is 2.52 bits per heavy atom. The van der Waals surface area contributed by atoms with Crippen molar-refractivity contribution in [2.24, 2.45) is 0 Å². The third kappa shape index (κ3) is 4.79. The number of carbonyl (C=O) groups is 1. The van der Waals surface area contributed by atoms with Crippen LogP contribution in [0.2, 0.25) is 0 Å². The van der Waals surface area contributed by atoms with Crippen LogP contribution in [0.25, 0.3) is 0 Å². The molecule has 0 radical (unpaired) electrons. The van der Waals surface area contributed by atoms with E-state index in [1.54, 1.807) is 12.1 Å². The monoisotopic (exact) mass is 505 g/mol. The van der Waals surface area contributed by atoms with E-state index >= 15 is 0 Å². The standard InChI is InChI=1S/C20H20BrN5O4S/c21-14-7-1-2-8-15(14)22-18-19(25-31(30)24-18)23-16-9-3-6-13(17(16)28)20(29)26-10-4-5-12(27)11-26/h1-3,6-9,12,27-28H,4-5,10-11H2,(H,22,24)(H,23,25). The largest absolute Gasteiger partial charge is 0.546 e. The van der Waals surface area contributed by atoms with Gasteiger partial charge in [-0.1, -0.05) is 18.2 Å². The number of aliphatic hydroxyl groups excluding tert-OH is 1. The van der Waals surface area contributed by atoms with Gasteiger partial charge in [-0.2, -0.15) is 0 Å². The Labute approximate surface area is 190 Å². The summed E-state index contributed by atoms with van der Waals surface area (Å²) in [6.07, 6.45) is 0.793. The highest BCUT2D eigenvalue weighted by atomic mass is 79.9. The number of β-amino-alcohol motifs (C(OH)–C–C–N with tert-alkyl or cyclic N) is 1. The van der Waals surface area contributed by atoms with E-state index in [0.29, 0.717) is 25.1 Å². The Hall–Kier alpha value is -2.73. The second-order valence-electron chi connectivity index (χ2n) is 7.09. The van der Waals surface area contributed by atoms with E-state index in [1.165, 1.54) is 11.0 Å². The summed E-state index contributed by atoms with van der Waals surface area (Å²) in [5.41, 5.74) is 1.03. The van der Waals surface area contributed by atoms with Crippen LogP contribution in [0.15, 0.2) is 46.9 Å². The predicted octanol–water partition coefficient (Wildman–Crippen LogP) is 3.76. The summed E-state index contributed by atoms with van der Waals surface area (Å²) >= 11 is 1.62. The van der Waals surface area contributed by atoms with Gasteiger partial charge in [0.15, 0.2) is 16.9 Å². The lowest BCUT2D eigenvalue weighted by Crippen LogP contribution is -2.42. The fourth-order valence-electron chi connectivity index (χ4n) is 3.37. The van der Waals surface area contributed by atoms with Gasteiger partial charge in [-0.25, -0.2) is 0 Å². The number of aliphatic hydroxyl groups is 1. The highest BCUT2D eigenvalue weighted by molar-refractivity contribution is 9.10. The molecular formula is C20H20BrN5O4S. The number of phenolic OH excluding ortho intramolecular Hbond substituents is 1. The fraction of sp³-hybridized carbons (Fsp3) is 0.250. The van der Waals surface area contributed by atoms with Gasteiger partial charge < -0.3 is 30.3 Å². The number of halogens is 1. The highest BCUT2D eigenvalue weighted by Crippen LogP contribution is 2.36. The summed E-state index contributed by atoms with van der Waals surface area (Å²) in [5, 5.41) is 26.5. The van der Waals surface area contributed by atoms with Crippen LogP contribution < -0.4 is 10.6 Å². The third-order valence-corrected chi connectivity index (χ3v) is 6.26. The number of aromatic hydroxyl groups is 1. The number of benzene rings is 2. The van der Waals surface area contributed by atoms with Gasteiger partial charge in [0.05, 0.1) is 23.0 Å². The van der Waals surface area contributed by atoms with Crippen molar-refractivity contribution >= 4 is 56.0 Å². The second kappa shape index (κ2) is 9.18. The first-order valence-electron chi connectivity index (χ1n) is 9.60. The van der Waals surface area contributed by atoms with Crippen molar-refractivity contribution in [1.29, 1.82) is 0 Å². The van der Waals surface area contributed by atoms with Crippen LogP contribution in [-0.4, -0.2) is 53.5 Å². The first-order chi connectivity index (χ1) is 14.9. The molecule has 3 aromatic rings. The van der Waals surface area contributed by atoms with Crippen molar-refractivity contribution < 1.29 is 19.6 Å². The Morgan fingerprint density at radius 1 is 1.13 bits per heavy atom. The topological polar surface area (TPSA) is 134 Å². The van der Waals surface area contributed by atoms with Gasteiger partial charge in [-0.15, -0.1) is 0 Å². The van der Waals surface area contributed by atoms with E-state index < -0.39 is 17.2 Å². The van der Waals surface area contributed by atoms with E-state index in [0.717, 1.165) is 4.47 Å². The molecule has 1 aliphatic heterocycles. The van der Waals surface area contributed by atoms with Crippen molar-refractivity contribution in [1.82, 2.24) is 13.6 Å². The summed E-state index contributed by atoms with van der Waals surface area (Å²) in [7, 11) is 0. The van der Waals surface area contributed by atoms with Crippen LogP contribution in [0.3, 0.4) is 0 Å².